The number of nitro benzene ring substituents is 1. The average molecular weight is 314 g/mol. The van der Waals surface area contributed by atoms with Gasteiger partial charge in [0.05, 0.1) is 15.4 Å². The highest BCUT2D eigenvalue weighted by Crippen LogP contribution is 2.35. The van der Waals surface area contributed by atoms with E-state index in [1.165, 1.54) is 23.9 Å². The zero-order valence-corrected chi connectivity index (χ0v) is 12.1. The first-order valence-electron chi connectivity index (χ1n) is 6.17. The Morgan fingerprint density at radius 1 is 1.27 bits per heavy atom. The summed E-state index contributed by atoms with van der Waals surface area (Å²) in [6, 6.07) is 15.0. The molecule has 6 nitrogen and oxygen atoms in total. The number of carbonyl (C=O) groups is 1. The van der Waals surface area contributed by atoms with Crippen LogP contribution >= 0.6 is 11.8 Å². The summed E-state index contributed by atoms with van der Waals surface area (Å²) in [6.45, 7) is -0.396. The Balaban J connectivity index is 2.30. The van der Waals surface area contributed by atoms with Crippen LogP contribution in [-0.2, 0) is 4.74 Å². The van der Waals surface area contributed by atoms with Crippen molar-refractivity contribution in [1.29, 1.82) is 5.26 Å². The Morgan fingerprint density at radius 2 is 2.00 bits per heavy atom. The van der Waals surface area contributed by atoms with Crippen molar-refractivity contribution >= 4 is 23.4 Å². The number of nitrogens with zero attached hydrogens (tertiary/aromatic N) is 2. The highest BCUT2D eigenvalue weighted by atomic mass is 32.2. The predicted octanol–water partition coefficient (Wildman–Crippen LogP) is 3.43. The van der Waals surface area contributed by atoms with Gasteiger partial charge < -0.3 is 4.74 Å². The fourth-order valence-corrected chi connectivity index (χ4v) is 2.59. The van der Waals surface area contributed by atoms with Crippen LogP contribution in [0.4, 0.5) is 5.69 Å². The standard InChI is InChI=1S/C15H10N2O4S/c16-8-9-21-15(18)11-6-7-14(13(10-11)17(19)20)22-12-4-2-1-3-5-12/h1-7,10H,9H2. The molecule has 0 aliphatic carbocycles. The maximum Gasteiger partial charge on any atom is 0.339 e. The maximum atomic E-state index is 11.6. The van der Waals surface area contributed by atoms with Gasteiger partial charge >= 0.3 is 5.97 Å². The van der Waals surface area contributed by atoms with E-state index in [4.69, 9.17) is 5.26 Å². The minimum absolute atomic E-state index is 0.0411. The van der Waals surface area contributed by atoms with Crippen LogP contribution in [0.2, 0.25) is 0 Å². The van der Waals surface area contributed by atoms with E-state index in [-0.39, 0.29) is 11.3 Å². The topological polar surface area (TPSA) is 93.2 Å². The van der Waals surface area contributed by atoms with E-state index in [1.54, 1.807) is 6.07 Å². The quantitative estimate of drug-likeness (QED) is 0.477. The van der Waals surface area contributed by atoms with Crippen LogP contribution in [0.3, 0.4) is 0 Å². The third-order valence-electron chi connectivity index (χ3n) is 2.63. The molecule has 0 radical (unpaired) electrons. The Labute approximate surface area is 130 Å². The molecule has 0 saturated heterocycles. The molecular weight excluding hydrogens is 304 g/mol. The van der Waals surface area contributed by atoms with Crippen LogP contribution in [-0.4, -0.2) is 17.5 Å². The lowest BCUT2D eigenvalue weighted by Crippen LogP contribution is -2.06. The molecule has 22 heavy (non-hydrogen) atoms. The Morgan fingerprint density at radius 3 is 2.64 bits per heavy atom. The van der Waals surface area contributed by atoms with E-state index in [0.717, 1.165) is 11.0 Å². The van der Waals surface area contributed by atoms with Gasteiger partial charge in [-0.25, -0.2) is 4.79 Å². The van der Waals surface area contributed by atoms with Crippen molar-refractivity contribution in [3.8, 4) is 6.07 Å². The van der Waals surface area contributed by atoms with Gasteiger partial charge in [0.25, 0.3) is 5.69 Å². The molecule has 0 amide bonds. The smallest absolute Gasteiger partial charge is 0.339 e. The molecular formula is C15H10N2O4S. The Bertz CT molecular complexity index is 741. The van der Waals surface area contributed by atoms with Gasteiger partial charge in [-0.2, -0.15) is 5.26 Å². The van der Waals surface area contributed by atoms with Crippen LogP contribution in [0.5, 0.6) is 0 Å². The van der Waals surface area contributed by atoms with E-state index in [1.807, 2.05) is 30.3 Å². The van der Waals surface area contributed by atoms with E-state index in [2.05, 4.69) is 4.74 Å². The normalized spacial score (nSPS) is 9.77. The summed E-state index contributed by atoms with van der Waals surface area (Å²) in [5.41, 5.74) is -0.139. The van der Waals surface area contributed by atoms with Crippen molar-refractivity contribution in [2.24, 2.45) is 0 Å². The Hall–Kier alpha value is -2.85. The molecule has 0 aliphatic rings. The van der Waals surface area contributed by atoms with E-state index < -0.39 is 17.5 Å². The van der Waals surface area contributed by atoms with Gasteiger partial charge in [-0.3, -0.25) is 10.1 Å². The van der Waals surface area contributed by atoms with Crippen molar-refractivity contribution in [3.63, 3.8) is 0 Å². The second-order valence-electron chi connectivity index (χ2n) is 4.09. The Kier molecular flexibility index (Phi) is 5.11. The number of ether oxygens (including phenoxy) is 1. The molecule has 0 spiro atoms. The summed E-state index contributed by atoms with van der Waals surface area (Å²) in [4.78, 5) is 23.6. The molecule has 7 heteroatoms. The minimum atomic E-state index is -0.763. The number of esters is 1. The maximum absolute atomic E-state index is 11.6. The molecule has 110 valence electrons. The molecule has 0 saturated carbocycles. The third kappa shape index (κ3) is 3.84. The summed E-state index contributed by atoms with van der Waals surface area (Å²) >= 11 is 1.23. The number of nitriles is 1. The van der Waals surface area contributed by atoms with Crippen molar-refractivity contribution in [3.05, 3.63) is 64.2 Å². The molecule has 2 rings (SSSR count). The number of nitro groups is 1. The molecule has 0 aromatic heterocycles. The third-order valence-corrected chi connectivity index (χ3v) is 3.70. The molecule has 2 aromatic carbocycles. The van der Waals surface area contributed by atoms with Crippen LogP contribution in [0.15, 0.2) is 58.3 Å². The van der Waals surface area contributed by atoms with E-state index in [9.17, 15) is 14.9 Å². The first kappa shape index (κ1) is 15.5. The fourth-order valence-electron chi connectivity index (χ4n) is 1.67. The minimum Gasteiger partial charge on any atom is -0.447 e. The average Bonchev–Trinajstić information content (AvgIpc) is 2.53. The van der Waals surface area contributed by atoms with Gasteiger partial charge in [0.2, 0.25) is 0 Å². The van der Waals surface area contributed by atoms with Crippen molar-refractivity contribution in [2.45, 2.75) is 9.79 Å². The fraction of sp³-hybridized carbons (Fsp3) is 0.0667. The van der Waals surface area contributed by atoms with Gasteiger partial charge in [-0.05, 0) is 24.3 Å². The highest BCUT2D eigenvalue weighted by Gasteiger charge is 2.19. The van der Waals surface area contributed by atoms with Crippen molar-refractivity contribution < 1.29 is 14.5 Å². The van der Waals surface area contributed by atoms with E-state index in [0.29, 0.717) is 4.90 Å². The first-order chi connectivity index (χ1) is 10.6. The lowest BCUT2D eigenvalue weighted by Gasteiger charge is -2.05. The zero-order valence-electron chi connectivity index (χ0n) is 11.3. The highest BCUT2D eigenvalue weighted by molar-refractivity contribution is 7.99. The van der Waals surface area contributed by atoms with Gasteiger partial charge in [0.1, 0.15) is 6.07 Å². The van der Waals surface area contributed by atoms with Crippen molar-refractivity contribution in [2.75, 3.05) is 6.61 Å². The van der Waals surface area contributed by atoms with Crippen LogP contribution in [0.1, 0.15) is 10.4 Å². The molecule has 2 aromatic rings. The summed E-state index contributed by atoms with van der Waals surface area (Å²) in [5, 5.41) is 19.6. The number of benzene rings is 2. The summed E-state index contributed by atoms with van der Waals surface area (Å²) < 4.78 is 4.64. The zero-order chi connectivity index (χ0) is 15.9. The van der Waals surface area contributed by atoms with Gasteiger partial charge in [-0.15, -0.1) is 0 Å². The molecule has 0 heterocycles. The van der Waals surface area contributed by atoms with Crippen LogP contribution < -0.4 is 0 Å². The molecule has 0 fully saturated rings. The second-order valence-corrected chi connectivity index (χ2v) is 5.20. The monoisotopic (exact) mass is 314 g/mol. The second kappa shape index (κ2) is 7.24. The summed E-state index contributed by atoms with van der Waals surface area (Å²) in [6.07, 6.45) is 0. The number of hydrogen-bond acceptors (Lipinski definition) is 6. The lowest BCUT2D eigenvalue weighted by molar-refractivity contribution is -0.387. The van der Waals surface area contributed by atoms with Crippen LogP contribution in [0, 0.1) is 21.4 Å². The lowest BCUT2D eigenvalue weighted by atomic mass is 10.2. The molecule has 0 bridgehead atoms. The molecule has 0 atom stereocenters. The van der Waals surface area contributed by atoms with Gasteiger partial charge in [-0.1, -0.05) is 30.0 Å². The van der Waals surface area contributed by atoms with Gasteiger partial charge in [0.15, 0.2) is 6.61 Å². The number of rotatable bonds is 5. The largest absolute Gasteiger partial charge is 0.447 e. The molecule has 0 N–H and O–H groups in total. The number of carbonyl (C=O) groups excluding carboxylic acids is 1. The molecule has 0 unspecified atom stereocenters. The summed E-state index contributed by atoms with van der Waals surface area (Å²) in [5.74, 6) is -0.763. The van der Waals surface area contributed by atoms with Gasteiger partial charge in [0, 0.05) is 11.0 Å². The predicted molar refractivity (Wildman–Crippen MR) is 79.6 cm³/mol. The number of hydrogen-bond donors (Lipinski definition) is 0. The van der Waals surface area contributed by atoms with Crippen molar-refractivity contribution in [1.82, 2.24) is 0 Å². The first-order valence-corrected chi connectivity index (χ1v) is 6.99. The SMILES string of the molecule is N#CCOC(=O)c1ccc(Sc2ccccc2)c([N+](=O)[O-])c1. The van der Waals surface area contributed by atoms with E-state index >= 15 is 0 Å². The molecule has 0 aliphatic heterocycles. The van der Waals surface area contributed by atoms with Crippen LogP contribution in [0.25, 0.3) is 0 Å². The summed E-state index contributed by atoms with van der Waals surface area (Å²) in [7, 11) is 0.